The van der Waals surface area contributed by atoms with E-state index in [0.717, 1.165) is 31.6 Å². The highest BCUT2D eigenvalue weighted by atomic mass is 32.1. The minimum atomic E-state index is 0.409. The van der Waals surface area contributed by atoms with Gasteiger partial charge in [-0.05, 0) is 26.7 Å². The molecule has 1 aromatic heterocycles. The molecule has 0 amide bonds. The standard InChI is InChI=1S/C11H19N3S/c1-8-7-15-11(13-8)9(2)14-5-3-10(12)4-6-14/h7,9-10H,3-6,12H2,1-2H3. The van der Waals surface area contributed by atoms with E-state index >= 15 is 0 Å². The van der Waals surface area contributed by atoms with Crippen LogP contribution in [0.3, 0.4) is 0 Å². The quantitative estimate of drug-likeness (QED) is 0.836. The average Bonchev–Trinajstić information content (AvgIpc) is 2.65. The van der Waals surface area contributed by atoms with Crippen molar-refractivity contribution in [1.29, 1.82) is 0 Å². The van der Waals surface area contributed by atoms with Crippen LogP contribution >= 0.6 is 11.3 Å². The van der Waals surface area contributed by atoms with Crippen molar-refractivity contribution in [1.82, 2.24) is 9.88 Å². The third kappa shape index (κ3) is 2.56. The molecule has 2 heterocycles. The van der Waals surface area contributed by atoms with Crippen LogP contribution in [0.5, 0.6) is 0 Å². The van der Waals surface area contributed by atoms with Gasteiger partial charge in [-0.15, -0.1) is 11.3 Å². The summed E-state index contributed by atoms with van der Waals surface area (Å²) in [4.78, 5) is 7.04. The van der Waals surface area contributed by atoms with Gasteiger partial charge in [-0.1, -0.05) is 0 Å². The summed E-state index contributed by atoms with van der Waals surface area (Å²) < 4.78 is 0. The summed E-state index contributed by atoms with van der Waals surface area (Å²) in [6.45, 7) is 6.52. The van der Waals surface area contributed by atoms with Crippen molar-refractivity contribution in [2.75, 3.05) is 13.1 Å². The van der Waals surface area contributed by atoms with Crippen molar-refractivity contribution < 1.29 is 0 Å². The van der Waals surface area contributed by atoms with Crippen LogP contribution in [0.15, 0.2) is 5.38 Å². The molecular formula is C11H19N3S. The molecular weight excluding hydrogens is 206 g/mol. The van der Waals surface area contributed by atoms with Gasteiger partial charge < -0.3 is 5.73 Å². The van der Waals surface area contributed by atoms with Gasteiger partial charge in [0.1, 0.15) is 5.01 Å². The number of likely N-dealkylation sites (tertiary alicyclic amines) is 1. The van der Waals surface area contributed by atoms with Gasteiger partial charge >= 0.3 is 0 Å². The van der Waals surface area contributed by atoms with E-state index in [2.05, 4.69) is 29.1 Å². The second-order valence-corrected chi connectivity index (χ2v) is 5.27. The number of nitrogens with two attached hydrogens (primary N) is 1. The first-order chi connectivity index (χ1) is 7.16. The molecule has 2 N–H and O–H groups in total. The van der Waals surface area contributed by atoms with Crippen molar-refractivity contribution >= 4 is 11.3 Å². The Labute approximate surface area is 95.3 Å². The van der Waals surface area contributed by atoms with E-state index in [1.165, 1.54) is 5.01 Å². The summed E-state index contributed by atoms with van der Waals surface area (Å²) in [7, 11) is 0. The van der Waals surface area contributed by atoms with Crippen LogP contribution in [-0.2, 0) is 0 Å². The maximum atomic E-state index is 5.90. The monoisotopic (exact) mass is 225 g/mol. The second kappa shape index (κ2) is 4.60. The molecule has 1 atom stereocenters. The Hall–Kier alpha value is -0.450. The fourth-order valence-corrected chi connectivity index (χ4v) is 2.91. The lowest BCUT2D eigenvalue weighted by molar-refractivity contribution is 0.163. The molecule has 84 valence electrons. The second-order valence-electron chi connectivity index (χ2n) is 4.38. The number of thiazole rings is 1. The summed E-state index contributed by atoms with van der Waals surface area (Å²) >= 11 is 1.77. The maximum absolute atomic E-state index is 5.90. The Kier molecular flexibility index (Phi) is 3.38. The lowest BCUT2D eigenvalue weighted by atomic mass is 10.0. The molecule has 15 heavy (non-hydrogen) atoms. The summed E-state index contributed by atoms with van der Waals surface area (Å²) in [5.41, 5.74) is 7.03. The Morgan fingerprint density at radius 1 is 1.53 bits per heavy atom. The lowest BCUT2D eigenvalue weighted by Gasteiger charge is -2.33. The zero-order valence-electron chi connectivity index (χ0n) is 9.44. The number of rotatable bonds is 2. The highest BCUT2D eigenvalue weighted by Gasteiger charge is 2.22. The van der Waals surface area contributed by atoms with Crippen molar-refractivity contribution in [3.8, 4) is 0 Å². The van der Waals surface area contributed by atoms with E-state index in [-0.39, 0.29) is 0 Å². The minimum Gasteiger partial charge on any atom is -0.328 e. The maximum Gasteiger partial charge on any atom is 0.110 e. The lowest BCUT2D eigenvalue weighted by Crippen LogP contribution is -2.40. The SMILES string of the molecule is Cc1csc(C(C)N2CCC(N)CC2)n1. The van der Waals surface area contributed by atoms with E-state index < -0.39 is 0 Å². The smallest absolute Gasteiger partial charge is 0.110 e. The Balaban J connectivity index is 1.99. The van der Waals surface area contributed by atoms with E-state index in [9.17, 15) is 0 Å². The Morgan fingerprint density at radius 3 is 2.73 bits per heavy atom. The number of nitrogens with zero attached hydrogens (tertiary/aromatic N) is 2. The summed E-state index contributed by atoms with van der Waals surface area (Å²) in [5, 5.41) is 3.37. The van der Waals surface area contributed by atoms with Crippen molar-refractivity contribution in [2.24, 2.45) is 5.73 Å². The van der Waals surface area contributed by atoms with Gasteiger partial charge in [0.05, 0.1) is 6.04 Å². The van der Waals surface area contributed by atoms with Gasteiger partial charge in [-0.2, -0.15) is 0 Å². The molecule has 0 radical (unpaired) electrons. The molecule has 1 unspecified atom stereocenters. The predicted octanol–water partition coefficient (Wildman–Crippen LogP) is 1.94. The van der Waals surface area contributed by atoms with E-state index in [1.54, 1.807) is 11.3 Å². The first-order valence-electron chi connectivity index (χ1n) is 5.58. The molecule has 1 aliphatic heterocycles. The van der Waals surface area contributed by atoms with Crippen LogP contribution in [0.4, 0.5) is 0 Å². The van der Waals surface area contributed by atoms with Crippen LogP contribution in [0, 0.1) is 6.92 Å². The number of hydrogen-bond acceptors (Lipinski definition) is 4. The molecule has 4 heteroatoms. The van der Waals surface area contributed by atoms with Crippen molar-refractivity contribution in [3.05, 3.63) is 16.1 Å². The molecule has 1 aliphatic rings. The third-order valence-electron chi connectivity index (χ3n) is 3.12. The largest absolute Gasteiger partial charge is 0.328 e. The van der Waals surface area contributed by atoms with E-state index in [4.69, 9.17) is 5.73 Å². The summed E-state index contributed by atoms with van der Waals surface area (Å²) in [6.07, 6.45) is 2.24. The zero-order chi connectivity index (χ0) is 10.8. The number of piperidine rings is 1. The minimum absolute atomic E-state index is 0.409. The van der Waals surface area contributed by atoms with Crippen LogP contribution in [0.1, 0.15) is 36.5 Å². The van der Waals surface area contributed by atoms with Crippen LogP contribution < -0.4 is 5.73 Å². The predicted molar refractivity (Wildman–Crippen MR) is 64.0 cm³/mol. The highest BCUT2D eigenvalue weighted by Crippen LogP contribution is 2.26. The molecule has 0 spiro atoms. The first-order valence-corrected chi connectivity index (χ1v) is 6.46. The molecule has 2 rings (SSSR count). The molecule has 0 saturated carbocycles. The topological polar surface area (TPSA) is 42.1 Å². The van der Waals surface area contributed by atoms with Gasteiger partial charge in [0, 0.05) is 30.2 Å². The molecule has 3 nitrogen and oxygen atoms in total. The number of hydrogen-bond donors (Lipinski definition) is 1. The molecule has 1 fully saturated rings. The zero-order valence-corrected chi connectivity index (χ0v) is 10.3. The fraction of sp³-hybridized carbons (Fsp3) is 0.727. The highest BCUT2D eigenvalue weighted by molar-refractivity contribution is 7.09. The summed E-state index contributed by atoms with van der Waals surface area (Å²) in [5.74, 6) is 0. The van der Waals surface area contributed by atoms with Gasteiger partial charge in [0.2, 0.25) is 0 Å². The van der Waals surface area contributed by atoms with Gasteiger partial charge in [0.15, 0.2) is 0 Å². The van der Waals surface area contributed by atoms with Crippen LogP contribution in [0.2, 0.25) is 0 Å². The molecule has 0 aliphatic carbocycles. The molecule has 1 aromatic rings. The van der Waals surface area contributed by atoms with Crippen LogP contribution in [-0.4, -0.2) is 29.0 Å². The van der Waals surface area contributed by atoms with E-state index in [1.807, 2.05) is 0 Å². The van der Waals surface area contributed by atoms with Crippen molar-refractivity contribution in [2.45, 2.75) is 38.8 Å². The molecule has 0 aromatic carbocycles. The normalized spacial score (nSPS) is 21.8. The first kappa shape index (κ1) is 11.0. The average molecular weight is 225 g/mol. The number of aryl methyl sites for hydroxylation is 1. The Bertz CT molecular complexity index is 315. The van der Waals surface area contributed by atoms with Gasteiger partial charge in [0.25, 0.3) is 0 Å². The fourth-order valence-electron chi connectivity index (χ4n) is 2.03. The van der Waals surface area contributed by atoms with Gasteiger partial charge in [-0.25, -0.2) is 4.98 Å². The Morgan fingerprint density at radius 2 is 2.20 bits per heavy atom. The van der Waals surface area contributed by atoms with Crippen molar-refractivity contribution in [3.63, 3.8) is 0 Å². The third-order valence-corrected chi connectivity index (χ3v) is 4.25. The van der Waals surface area contributed by atoms with Gasteiger partial charge in [-0.3, -0.25) is 4.90 Å². The number of aromatic nitrogens is 1. The van der Waals surface area contributed by atoms with Crippen LogP contribution in [0.25, 0.3) is 0 Å². The summed E-state index contributed by atoms with van der Waals surface area (Å²) in [6, 6.07) is 0.864. The molecule has 1 saturated heterocycles. The van der Waals surface area contributed by atoms with E-state index in [0.29, 0.717) is 12.1 Å². The molecule has 0 bridgehead atoms.